The summed E-state index contributed by atoms with van der Waals surface area (Å²) in [6.07, 6.45) is -9.71. The molecule has 0 radical (unpaired) electrons. The smallest absolute Gasteiger partial charge is 0.166 e. The minimum atomic E-state index is -5.08. The van der Waals surface area contributed by atoms with Crippen LogP contribution >= 0.6 is 0 Å². The van der Waals surface area contributed by atoms with Crippen LogP contribution in [0.2, 0.25) is 0 Å². The predicted octanol–water partition coefficient (Wildman–Crippen LogP) is 6.52. The molecule has 0 aliphatic heterocycles. The average Bonchev–Trinajstić information content (AvgIpc) is 2.51. The fourth-order valence-electron chi connectivity index (χ4n) is 2.92. The first-order valence-electron chi connectivity index (χ1n) is 7.49. The number of alkyl halides is 6. The van der Waals surface area contributed by atoms with Crippen LogP contribution in [0.3, 0.4) is 0 Å². The topological polar surface area (TPSA) is 0 Å². The molecule has 24 heavy (non-hydrogen) atoms. The molecule has 0 bridgehead atoms. The third-order valence-electron chi connectivity index (χ3n) is 3.94. The predicted molar refractivity (Wildman–Crippen MR) is 80.6 cm³/mol. The lowest BCUT2D eigenvalue weighted by Crippen LogP contribution is -2.19. The van der Waals surface area contributed by atoms with Gasteiger partial charge in [-0.2, -0.15) is 26.3 Å². The van der Waals surface area contributed by atoms with Gasteiger partial charge in [0.25, 0.3) is 0 Å². The van der Waals surface area contributed by atoms with Crippen molar-refractivity contribution in [3.05, 3.63) is 58.7 Å². The molecule has 6 heteroatoms. The number of benzene rings is 2. The maximum Gasteiger partial charge on any atom is 0.417 e. The van der Waals surface area contributed by atoms with E-state index < -0.39 is 23.5 Å². The first kappa shape index (κ1) is 18.4. The second kappa shape index (κ2) is 6.49. The quantitative estimate of drug-likeness (QED) is 0.555. The summed E-state index contributed by atoms with van der Waals surface area (Å²) in [5.74, 6) is 0. The summed E-state index contributed by atoms with van der Waals surface area (Å²) in [5, 5.41) is 0. The molecule has 0 amide bonds. The fraction of sp³-hybridized carbons (Fsp3) is 0.333. The van der Waals surface area contributed by atoms with E-state index in [-0.39, 0.29) is 17.5 Å². The summed E-state index contributed by atoms with van der Waals surface area (Å²) in [5.41, 5.74) is -2.00. The largest absolute Gasteiger partial charge is 0.417 e. The Morgan fingerprint density at radius 2 is 1.33 bits per heavy atom. The van der Waals surface area contributed by atoms with E-state index in [4.69, 9.17) is 0 Å². The van der Waals surface area contributed by atoms with Crippen LogP contribution in [0, 0.1) is 0 Å². The van der Waals surface area contributed by atoms with Crippen molar-refractivity contribution in [1.29, 1.82) is 0 Å². The van der Waals surface area contributed by atoms with Crippen molar-refractivity contribution in [3.8, 4) is 11.1 Å². The van der Waals surface area contributed by atoms with Crippen LogP contribution in [0.4, 0.5) is 26.3 Å². The van der Waals surface area contributed by atoms with Gasteiger partial charge in [-0.25, -0.2) is 0 Å². The number of halogens is 6. The van der Waals surface area contributed by atoms with Crippen LogP contribution in [0.1, 0.15) is 36.1 Å². The number of aryl methyl sites for hydroxylation is 1. The van der Waals surface area contributed by atoms with Crippen molar-refractivity contribution in [2.24, 2.45) is 0 Å². The van der Waals surface area contributed by atoms with Crippen molar-refractivity contribution in [1.82, 2.24) is 0 Å². The Balaban J connectivity index is 2.86. The third kappa shape index (κ3) is 3.42. The number of hydrogen-bond acceptors (Lipinski definition) is 0. The molecule has 0 aliphatic carbocycles. The molecule has 0 spiro atoms. The SMILES string of the molecule is CCc1ccccc1-c1ccc(C(F)(F)F)c(C(F)(F)F)c1CC. The van der Waals surface area contributed by atoms with Gasteiger partial charge in [0.1, 0.15) is 0 Å². The lowest BCUT2D eigenvalue weighted by Gasteiger charge is -2.22. The Hall–Kier alpha value is -1.98. The van der Waals surface area contributed by atoms with E-state index in [0.717, 1.165) is 11.6 Å². The molecule has 0 N–H and O–H groups in total. The first-order valence-corrected chi connectivity index (χ1v) is 7.49. The summed E-state index contributed by atoms with van der Waals surface area (Å²) >= 11 is 0. The second-order valence-corrected chi connectivity index (χ2v) is 5.37. The lowest BCUT2D eigenvalue weighted by atomic mass is 9.87. The van der Waals surface area contributed by atoms with Gasteiger partial charge in [-0.15, -0.1) is 0 Å². The molecular weight excluding hydrogens is 330 g/mol. The molecular formula is C18H16F6. The van der Waals surface area contributed by atoms with Gasteiger partial charge in [0, 0.05) is 0 Å². The Morgan fingerprint density at radius 1 is 0.708 bits per heavy atom. The van der Waals surface area contributed by atoms with Crippen LogP contribution in [-0.4, -0.2) is 0 Å². The van der Waals surface area contributed by atoms with E-state index in [1.54, 1.807) is 24.3 Å². The molecule has 0 unspecified atom stereocenters. The standard InChI is InChI=1S/C18H16F6/c1-3-11-7-5-6-8-13(11)14-9-10-15(17(19,20)21)16(12(14)4-2)18(22,23)24/h5-10H,3-4H2,1-2H3. The van der Waals surface area contributed by atoms with Crippen LogP contribution in [0.25, 0.3) is 11.1 Å². The van der Waals surface area contributed by atoms with Crippen LogP contribution in [0.5, 0.6) is 0 Å². The molecule has 2 rings (SSSR count). The summed E-state index contributed by atoms with van der Waals surface area (Å²) in [4.78, 5) is 0. The maximum absolute atomic E-state index is 13.4. The summed E-state index contributed by atoms with van der Waals surface area (Å²) in [6, 6.07) is 8.50. The lowest BCUT2D eigenvalue weighted by molar-refractivity contribution is -0.162. The van der Waals surface area contributed by atoms with E-state index in [0.29, 0.717) is 18.1 Å². The molecule has 0 aliphatic rings. The minimum Gasteiger partial charge on any atom is -0.166 e. The fourth-order valence-corrected chi connectivity index (χ4v) is 2.92. The maximum atomic E-state index is 13.4. The Morgan fingerprint density at radius 3 is 1.83 bits per heavy atom. The Bertz CT molecular complexity index is 725. The van der Waals surface area contributed by atoms with Gasteiger partial charge in [0.15, 0.2) is 0 Å². The zero-order valence-corrected chi connectivity index (χ0v) is 13.1. The van der Waals surface area contributed by atoms with Crippen molar-refractivity contribution in [2.75, 3.05) is 0 Å². The molecule has 2 aromatic carbocycles. The molecule has 0 atom stereocenters. The highest BCUT2D eigenvalue weighted by Crippen LogP contribution is 2.45. The van der Waals surface area contributed by atoms with Crippen LogP contribution in [0.15, 0.2) is 36.4 Å². The van der Waals surface area contributed by atoms with E-state index in [2.05, 4.69) is 0 Å². The molecule has 0 saturated carbocycles. The molecule has 0 aromatic heterocycles. The van der Waals surface area contributed by atoms with Gasteiger partial charge < -0.3 is 0 Å². The van der Waals surface area contributed by atoms with E-state index >= 15 is 0 Å². The van der Waals surface area contributed by atoms with E-state index in [1.807, 2.05) is 6.92 Å². The van der Waals surface area contributed by atoms with Gasteiger partial charge in [0.2, 0.25) is 0 Å². The molecule has 2 aromatic rings. The number of hydrogen-bond donors (Lipinski definition) is 0. The normalized spacial score (nSPS) is 12.5. The monoisotopic (exact) mass is 346 g/mol. The van der Waals surface area contributed by atoms with Gasteiger partial charge in [0.05, 0.1) is 11.1 Å². The van der Waals surface area contributed by atoms with Crippen molar-refractivity contribution in [2.45, 2.75) is 39.0 Å². The minimum absolute atomic E-state index is 0.147. The van der Waals surface area contributed by atoms with Crippen LogP contribution in [-0.2, 0) is 25.2 Å². The van der Waals surface area contributed by atoms with E-state index in [9.17, 15) is 26.3 Å². The summed E-state index contributed by atoms with van der Waals surface area (Å²) < 4.78 is 79.4. The van der Waals surface area contributed by atoms with E-state index in [1.165, 1.54) is 6.92 Å². The molecule has 0 heterocycles. The molecule has 0 nitrogen and oxygen atoms in total. The first-order chi connectivity index (χ1) is 11.1. The molecule has 0 fully saturated rings. The van der Waals surface area contributed by atoms with Gasteiger partial charge in [-0.05, 0) is 41.2 Å². The summed E-state index contributed by atoms with van der Waals surface area (Å²) in [7, 11) is 0. The van der Waals surface area contributed by atoms with Crippen LogP contribution < -0.4 is 0 Å². The van der Waals surface area contributed by atoms with Gasteiger partial charge in [-0.1, -0.05) is 44.2 Å². The van der Waals surface area contributed by atoms with Gasteiger partial charge >= 0.3 is 12.4 Å². The Labute approximate surface area is 136 Å². The molecule has 0 saturated heterocycles. The average molecular weight is 346 g/mol. The highest BCUT2D eigenvalue weighted by Gasteiger charge is 2.45. The molecule has 130 valence electrons. The second-order valence-electron chi connectivity index (χ2n) is 5.37. The highest BCUT2D eigenvalue weighted by atomic mass is 19.4. The summed E-state index contributed by atoms with van der Waals surface area (Å²) in [6.45, 7) is 3.28. The van der Waals surface area contributed by atoms with Crippen molar-refractivity contribution >= 4 is 0 Å². The van der Waals surface area contributed by atoms with Crippen molar-refractivity contribution in [3.63, 3.8) is 0 Å². The zero-order chi connectivity index (χ0) is 18.1. The zero-order valence-electron chi connectivity index (χ0n) is 13.1. The Kier molecular flexibility index (Phi) is 4.97. The van der Waals surface area contributed by atoms with Gasteiger partial charge in [-0.3, -0.25) is 0 Å². The number of rotatable bonds is 3. The third-order valence-corrected chi connectivity index (χ3v) is 3.94. The van der Waals surface area contributed by atoms with Crippen molar-refractivity contribution < 1.29 is 26.3 Å². The highest BCUT2D eigenvalue weighted by molar-refractivity contribution is 5.73.